The zero-order valence-corrected chi connectivity index (χ0v) is 18.2. The number of aromatic nitrogens is 4. The van der Waals surface area contributed by atoms with Gasteiger partial charge in [-0.25, -0.2) is 0 Å². The van der Waals surface area contributed by atoms with E-state index in [1.807, 2.05) is 4.90 Å². The molecule has 0 aromatic carbocycles. The second kappa shape index (κ2) is 9.53. The molecule has 12 heteroatoms. The summed E-state index contributed by atoms with van der Waals surface area (Å²) in [6.45, 7) is 5.90. The molecular weight excluding hydrogens is 427 g/mol. The number of hydrogen-bond acceptors (Lipinski definition) is 6. The maximum absolute atomic E-state index is 13.3. The number of amides is 2. The van der Waals surface area contributed by atoms with Gasteiger partial charge in [-0.2, -0.15) is 18.3 Å². The highest BCUT2D eigenvalue weighted by Gasteiger charge is 2.40. The van der Waals surface area contributed by atoms with Crippen LogP contribution >= 0.6 is 0 Å². The van der Waals surface area contributed by atoms with Crippen molar-refractivity contribution in [1.29, 1.82) is 0 Å². The van der Waals surface area contributed by atoms with Crippen LogP contribution in [0.1, 0.15) is 46.8 Å². The highest BCUT2D eigenvalue weighted by atomic mass is 19.4. The number of carbonyl (C=O) groups is 2. The fraction of sp³-hybridized carbons (Fsp3) is 0.550. The van der Waals surface area contributed by atoms with Gasteiger partial charge in [-0.05, 0) is 24.5 Å². The molecule has 0 aliphatic carbocycles. The SMILES string of the molecule is CC(C)CCNC(=O)c1ccc(N2CCN(C(=O)c3cnn(C)c3C(F)(F)F)CC2)nn1. The Morgan fingerprint density at radius 2 is 1.81 bits per heavy atom. The second-order valence-corrected chi connectivity index (χ2v) is 8.02. The van der Waals surface area contributed by atoms with Crippen molar-refractivity contribution in [1.82, 2.24) is 30.2 Å². The summed E-state index contributed by atoms with van der Waals surface area (Å²) in [5.41, 5.74) is -1.30. The lowest BCUT2D eigenvalue weighted by molar-refractivity contribution is -0.144. The number of aryl methyl sites for hydroxylation is 1. The number of anilines is 1. The zero-order chi connectivity index (χ0) is 23.5. The van der Waals surface area contributed by atoms with Crippen LogP contribution in [0.25, 0.3) is 0 Å². The largest absolute Gasteiger partial charge is 0.433 e. The van der Waals surface area contributed by atoms with Crippen LogP contribution in [-0.4, -0.2) is 69.4 Å². The van der Waals surface area contributed by atoms with Crippen LogP contribution in [0.4, 0.5) is 19.0 Å². The normalized spacial score (nSPS) is 14.7. The van der Waals surface area contributed by atoms with Crippen LogP contribution in [0.15, 0.2) is 18.3 Å². The second-order valence-electron chi connectivity index (χ2n) is 8.02. The Balaban J connectivity index is 1.58. The van der Waals surface area contributed by atoms with Gasteiger partial charge in [0.1, 0.15) is 0 Å². The molecule has 1 aliphatic rings. The third-order valence-corrected chi connectivity index (χ3v) is 5.22. The lowest BCUT2D eigenvalue weighted by Crippen LogP contribution is -2.49. The molecule has 0 radical (unpaired) electrons. The molecule has 3 heterocycles. The first-order valence-electron chi connectivity index (χ1n) is 10.3. The van der Waals surface area contributed by atoms with Crippen LogP contribution in [0.2, 0.25) is 0 Å². The Morgan fingerprint density at radius 3 is 2.38 bits per heavy atom. The number of nitrogens with one attached hydrogen (secondary N) is 1. The minimum absolute atomic E-state index is 0.211. The maximum atomic E-state index is 13.3. The number of halogens is 3. The molecular formula is C20H26F3N7O2. The number of carbonyl (C=O) groups excluding carboxylic acids is 2. The van der Waals surface area contributed by atoms with Crippen molar-refractivity contribution in [2.45, 2.75) is 26.4 Å². The van der Waals surface area contributed by atoms with Crippen molar-refractivity contribution in [3.8, 4) is 0 Å². The van der Waals surface area contributed by atoms with E-state index in [1.165, 1.54) is 4.90 Å². The van der Waals surface area contributed by atoms with E-state index in [9.17, 15) is 22.8 Å². The van der Waals surface area contributed by atoms with E-state index in [-0.39, 0.29) is 24.7 Å². The van der Waals surface area contributed by atoms with Gasteiger partial charge in [0.15, 0.2) is 17.2 Å². The standard InChI is InChI=1S/C20H26F3N7O2/c1-13(2)6-7-24-18(31)15-4-5-16(27-26-15)29-8-10-30(11-9-29)19(32)14-12-25-28(3)17(14)20(21,22)23/h4-5,12-13H,6-11H2,1-3H3,(H,24,31). The molecule has 0 bridgehead atoms. The molecule has 0 saturated carbocycles. The van der Waals surface area contributed by atoms with Gasteiger partial charge in [-0.3, -0.25) is 14.3 Å². The van der Waals surface area contributed by atoms with Gasteiger partial charge in [-0.15, -0.1) is 10.2 Å². The Hall–Kier alpha value is -3.18. The quantitative estimate of drug-likeness (QED) is 0.719. The topological polar surface area (TPSA) is 96.2 Å². The van der Waals surface area contributed by atoms with Crippen molar-refractivity contribution in [2.75, 3.05) is 37.6 Å². The van der Waals surface area contributed by atoms with Gasteiger partial charge in [0, 0.05) is 39.8 Å². The first-order chi connectivity index (χ1) is 15.1. The number of rotatable bonds is 6. The van der Waals surface area contributed by atoms with Crippen molar-refractivity contribution in [2.24, 2.45) is 13.0 Å². The smallest absolute Gasteiger partial charge is 0.352 e. The van der Waals surface area contributed by atoms with Crippen molar-refractivity contribution < 1.29 is 22.8 Å². The highest BCUT2D eigenvalue weighted by molar-refractivity contribution is 5.95. The molecule has 174 valence electrons. The average molecular weight is 453 g/mol. The highest BCUT2D eigenvalue weighted by Crippen LogP contribution is 2.32. The molecule has 0 spiro atoms. The van der Waals surface area contributed by atoms with Crippen molar-refractivity contribution in [3.63, 3.8) is 0 Å². The molecule has 2 aromatic rings. The van der Waals surface area contributed by atoms with E-state index in [2.05, 4.69) is 34.5 Å². The molecule has 9 nitrogen and oxygen atoms in total. The minimum Gasteiger partial charge on any atom is -0.352 e. The predicted octanol–water partition coefficient (Wildman–Crippen LogP) is 1.97. The van der Waals surface area contributed by atoms with Crippen LogP contribution in [0.3, 0.4) is 0 Å². The summed E-state index contributed by atoms with van der Waals surface area (Å²) >= 11 is 0. The summed E-state index contributed by atoms with van der Waals surface area (Å²) in [6.07, 6.45) is -2.85. The van der Waals surface area contributed by atoms with Gasteiger partial charge in [0.2, 0.25) is 0 Å². The summed E-state index contributed by atoms with van der Waals surface area (Å²) in [5, 5.41) is 14.5. The maximum Gasteiger partial charge on any atom is 0.433 e. The van der Waals surface area contributed by atoms with Crippen molar-refractivity contribution in [3.05, 3.63) is 35.3 Å². The number of nitrogens with zero attached hydrogens (tertiary/aromatic N) is 6. The van der Waals surface area contributed by atoms with Crippen LogP contribution in [0, 0.1) is 5.92 Å². The molecule has 32 heavy (non-hydrogen) atoms. The van der Waals surface area contributed by atoms with Gasteiger partial charge in [0.25, 0.3) is 11.8 Å². The van der Waals surface area contributed by atoms with Crippen LogP contribution in [-0.2, 0) is 13.2 Å². The number of alkyl halides is 3. The third-order valence-electron chi connectivity index (χ3n) is 5.22. The number of hydrogen-bond donors (Lipinski definition) is 1. The first kappa shape index (κ1) is 23.5. The Labute approximate surface area is 183 Å². The molecule has 1 aliphatic heterocycles. The molecule has 1 saturated heterocycles. The molecule has 2 amide bonds. The fourth-order valence-electron chi connectivity index (χ4n) is 3.42. The van der Waals surface area contributed by atoms with E-state index < -0.39 is 23.3 Å². The van der Waals surface area contributed by atoms with Gasteiger partial charge < -0.3 is 15.1 Å². The lowest BCUT2D eigenvalue weighted by Gasteiger charge is -2.35. The monoisotopic (exact) mass is 453 g/mol. The van der Waals surface area contributed by atoms with E-state index >= 15 is 0 Å². The van der Waals surface area contributed by atoms with E-state index in [1.54, 1.807) is 12.1 Å². The average Bonchev–Trinajstić information content (AvgIpc) is 3.15. The Bertz CT molecular complexity index is 949. The number of piperazine rings is 1. The van der Waals surface area contributed by atoms with Gasteiger partial charge in [0.05, 0.1) is 11.8 Å². The fourth-order valence-corrected chi connectivity index (χ4v) is 3.42. The molecule has 1 N–H and O–H groups in total. The lowest BCUT2D eigenvalue weighted by atomic mass is 10.1. The van der Waals surface area contributed by atoms with Crippen molar-refractivity contribution >= 4 is 17.6 Å². The molecule has 1 fully saturated rings. The Morgan fingerprint density at radius 1 is 1.12 bits per heavy atom. The minimum atomic E-state index is -4.67. The van der Waals surface area contributed by atoms with Crippen LogP contribution in [0.5, 0.6) is 0 Å². The molecule has 3 rings (SSSR count). The molecule has 2 aromatic heterocycles. The summed E-state index contributed by atoms with van der Waals surface area (Å²) in [7, 11) is 1.16. The zero-order valence-electron chi connectivity index (χ0n) is 18.2. The summed E-state index contributed by atoms with van der Waals surface area (Å²) in [5.74, 6) is 0.0160. The van der Waals surface area contributed by atoms with E-state index in [0.29, 0.717) is 36.1 Å². The molecule has 0 unspecified atom stereocenters. The summed E-state index contributed by atoms with van der Waals surface area (Å²) < 4.78 is 40.5. The third kappa shape index (κ3) is 5.35. The van der Waals surface area contributed by atoms with E-state index in [4.69, 9.17) is 0 Å². The molecule has 0 atom stereocenters. The van der Waals surface area contributed by atoms with E-state index in [0.717, 1.165) is 19.7 Å². The predicted molar refractivity (Wildman–Crippen MR) is 110 cm³/mol. The van der Waals surface area contributed by atoms with Crippen LogP contribution < -0.4 is 10.2 Å². The first-order valence-corrected chi connectivity index (χ1v) is 10.3. The Kier molecular flexibility index (Phi) is 6.99. The summed E-state index contributed by atoms with van der Waals surface area (Å²) in [6, 6.07) is 3.25. The van der Waals surface area contributed by atoms with Gasteiger partial charge >= 0.3 is 6.18 Å². The van der Waals surface area contributed by atoms with Gasteiger partial charge in [-0.1, -0.05) is 13.8 Å². The summed E-state index contributed by atoms with van der Waals surface area (Å²) in [4.78, 5) is 28.0.